The summed E-state index contributed by atoms with van der Waals surface area (Å²) >= 11 is 0. The molecule has 0 fully saturated rings. The van der Waals surface area contributed by atoms with Gasteiger partial charge in [-0.2, -0.15) is 5.01 Å². The zero-order chi connectivity index (χ0) is 17.6. The van der Waals surface area contributed by atoms with Crippen molar-refractivity contribution < 1.29 is 14.4 Å². The molecule has 0 aromatic heterocycles. The summed E-state index contributed by atoms with van der Waals surface area (Å²) in [5, 5.41) is 7.91. The van der Waals surface area contributed by atoms with E-state index in [0.717, 1.165) is 10.6 Å². The van der Waals surface area contributed by atoms with E-state index >= 15 is 0 Å². The number of hydrogen-bond donors (Lipinski definition) is 0. The van der Waals surface area contributed by atoms with E-state index in [1.165, 1.54) is 19.2 Å². The van der Waals surface area contributed by atoms with E-state index in [9.17, 15) is 14.4 Å². The highest BCUT2D eigenvalue weighted by Gasteiger charge is 2.46. The molecule has 0 spiro atoms. The molecule has 7 nitrogen and oxygen atoms in total. The first-order chi connectivity index (χ1) is 11.6. The van der Waals surface area contributed by atoms with Gasteiger partial charge in [0.25, 0.3) is 12.2 Å². The Kier molecular flexibility index (Phi) is 5.14. The lowest BCUT2D eigenvalue weighted by molar-refractivity contribution is 0.185. The van der Waals surface area contributed by atoms with Gasteiger partial charge in [0.15, 0.2) is 11.4 Å². The van der Waals surface area contributed by atoms with Crippen LogP contribution in [0.25, 0.3) is 0 Å². The second kappa shape index (κ2) is 7.26. The summed E-state index contributed by atoms with van der Waals surface area (Å²) in [6.07, 6.45) is 2.77. The lowest BCUT2D eigenvalue weighted by atomic mass is 10.1. The van der Waals surface area contributed by atoms with Crippen LogP contribution in [-0.2, 0) is 9.59 Å². The Labute approximate surface area is 138 Å². The maximum atomic E-state index is 13.0. The van der Waals surface area contributed by atoms with Crippen molar-refractivity contribution in [2.75, 3.05) is 7.05 Å². The molecule has 2 aromatic rings. The van der Waals surface area contributed by atoms with Crippen LogP contribution in [0, 0.1) is 6.92 Å². The van der Waals surface area contributed by atoms with Crippen LogP contribution in [0.1, 0.15) is 5.56 Å². The van der Waals surface area contributed by atoms with E-state index in [1.807, 2.05) is 13.0 Å². The Balaban J connectivity index is 2.82. The zero-order valence-electron chi connectivity index (χ0n) is 13.2. The minimum absolute atomic E-state index is 0.407. The van der Waals surface area contributed by atoms with Crippen LogP contribution in [0.15, 0.2) is 64.8 Å². The van der Waals surface area contributed by atoms with Gasteiger partial charge in [-0.1, -0.05) is 35.4 Å². The van der Waals surface area contributed by atoms with E-state index in [-0.39, 0.29) is 0 Å². The molecule has 2 amide bonds. The third-order valence-corrected chi connectivity index (χ3v) is 3.44. The quantitative estimate of drug-likeness (QED) is 0.375. The van der Waals surface area contributed by atoms with Gasteiger partial charge in [0, 0.05) is 36.4 Å². The first-order valence-corrected chi connectivity index (χ1v) is 7.03. The SMILES string of the molecule is Cc1cccc([N+](N=C=O)(C(=O)N(C)N=C=O)c2ccccc2)c1. The van der Waals surface area contributed by atoms with E-state index in [0.29, 0.717) is 11.4 Å². The van der Waals surface area contributed by atoms with Crippen LogP contribution in [-0.4, -0.2) is 30.2 Å². The second-order valence-electron chi connectivity index (χ2n) is 5.00. The van der Waals surface area contributed by atoms with Crippen molar-refractivity contribution in [3.05, 3.63) is 60.2 Å². The number of urea groups is 1. The second-order valence-corrected chi connectivity index (χ2v) is 5.00. The number of hydrazone groups is 1. The third kappa shape index (κ3) is 3.04. The number of amides is 2. The highest BCUT2D eigenvalue weighted by Crippen LogP contribution is 2.37. The Morgan fingerprint density at radius 3 is 2.25 bits per heavy atom. The molecule has 7 heteroatoms. The number of carbonyl (C=O) groups excluding carboxylic acids is 3. The predicted molar refractivity (Wildman–Crippen MR) is 88.5 cm³/mol. The van der Waals surface area contributed by atoms with Gasteiger partial charge in [0.1, 0.15) is 0 Å². The summed E-state index contributed by atoms with van der Waals surface area (Å²) in [6.45, 7) is 1.85. The predicted octanol–water partition coefficient (Wildman–Crippen LogP) is 3.19. The molecule has 0 aliphatic rings. The minimum atomic E-state index is -0.826. The van der Waals surface area contributed by atoms with Crippen molar-refractivity contribution in [1.82, 2.24) is 9.60 Å². The zero-order valence-corrected chi connectivity index (χ0v) is 13.2. The van der Waals surface area contributed by atoms with Crippen molar-refractivity contribution >= 4 is 29.6 Å². The number of hydrogen-bond acceptors (Lipinski definition) is 5. The molecule has 0 saturated heterocycles. The lowest BCUT2D eigenvalue weighted by Crippen LogP contribution is -2.50. The molecule has 120 valence electrons. The molecular weight excluding hydrogens is 308 g/mol. The summed E-state index contributed by atoms with van der Waals surface area (Å²) in [6, 6.07) is 14.8. The average Bonchev–Trinajstić information content (AvgIpc) is 2.60. The van der Waals surface area contributed by atoms with Gasteiger partial charge in [0.05, 0.1) is 0 Å². The number of quaternary nitrogens is 1. The Hall–Kier alpha value is -3.37. The molecule has 2 rings (SSSR count). The van der Waals surface area contributed by atoms with Crippen LogP contribution >= 0.6 is 0 Å². The van der Waals surface area contributed by atoms with Gasteiger partial charge in [-0.05, 0) is 17.1 Å². The van der Waals surface area contributed by atoms with Crippen LogP contribution in [0.5, 0.6) is 0 Å². The van der Waals surface area contributed by atoms with Crippen LogP contribution < -0.4 is 4.59 Å². The summed E-state index contributed by atoms with van der Waals surface area (Å²) in [7, 11) is 1.29. The maximum Gasteiger partial charge on any atom is 0.477 e. The number of para-hydroxylation sites is 1. The first-order valence-electron chi connectivity index (χ1n) is 7.03. The number of rotatable bonds is 4. The van der Waals surface area contributed by atoms with E-state index in [2.05, 4.69) is 10.2 Å². The summed E-state index contributed by atoms with van der Waals surface area (Å²) in [5.74, 6) is 0. The molecule has 0 bridgehead atoms. The fourth-order valence-corrected chi connectivity index (χ4v) is 2.38. The largest absolute Gasteiger partial charge is 0.477 e. The molecule has 24 heavy (non-hydrogen) atoms. The standard InChI is InChI=1S/C17H15N4O3/c1-14-7-6-10-16(11-14)21(19-13-23,15-8-4-3-5-9-15)17(24)20(2)18-12-22/h3-11H,1-2H3/q+1. The number of carbonyl (C=O) groups is 1. The van der Waals surface area contributed by atoms with Crippen LogP contribution in [0.2, 0.25) is 0 Å². The molecule has 0 radical (unpaired) electrons. The van der Waals surface area contributed by atoms with Gasteiger partial charge in [-0.3, -0.25) is 0 Å². The fraction of sp³-hybridized carbons (Fsp3) is 0.118. The maximum absolute atomic E-state index is 13.0. The minimum Gasteiger partial charge on any atom is -0.209 e. The average molecular weight is 323 g/mol. The van der Waals surface area contributed by atoms with Gasteiger partial charge >= 0.3 is 6.03 Å². The molecular formula is C17H15N4O3+. The molecule has 2 aromatic carbocycles. The highest BCUT2D eigenvalue weighted by atomic mass is 16.2. The molecule has 0 saturated carbocycles. The summed E-state index contributed by atoms with van der Waals surface area (Å²) in [4.78, 5) is 34.7. The normalized spacial score (nSPS) is 12.2. The van der Waals surface area contributed by atoms with Crippen molar-refractivity contribution in [3.63, 3.8) is 0 Å². The van der Waals surface area contributed by atoms with Crippen LogP contribution in [0.4, 0.5) is 16.2 Å². The van der Waals surface area contributed by atoms with Gasteiger partial charge in [-0.15, -0.1) is 0 Å². The summed E-state index contributed by atoms with van der Waals surface area (Å²) < 4.78 is -0.826. The van der Waals surface area contributed by atoms with Gasteiger partial charge in [-0.25, -0.2) is 14.4 Å². The van der Waals surface area contributed by atoms with E-state index < -0.39 is 10.6 Å². The molecule has 0 N–H and O–H groups in total. The Morgan fingerprint density at radius 2 is 1.67 bits per heavy atom. The lowest BCUT2D eigenvalue weighted by Gasteiger charge is -2.28. The number of benzene rings is 2. The van der Waals surface area contributed by atoms with Crippen molar-refractivity contribution in [1.29, 1.82) is 0 Å². The molecule has 1 atom stereocenters. The number of nitrogens with zero attached hydrogens (tertiary/aromatic N) is 4. The highest BCUT2D eigenvalue weighted by molar-refractivity contribution is 5.93. The Bertz CT molecular complexity index is 840. The molecule has 0 aliphatic heterocycles. The van der Waals surface area contributed by atoms with Crippen molar-refractivity contribution in [2.24, 2.45) is 10.2 Å². The third-order valence-electron chi connectivity index (χ3n) is 3.44. The fourth-order valence-electron chi connectivity index (χ4n) is 2.38. The Morgan fingerprint density at radius 1 is 1.00 bits per heavy atom. The molecule has 0 aliphatic carbocycles. The van der Waals surface area contributed by atoms with Gasteiger partial charge < -0.3 is 0 Å². The van der Waals surface area contributed by atoms with Gasteiger partial charge in [0.2, 0.25) is 0 Å². The monoisotopic (exact) mass is 323 g/mol. The van der Waals surface area contributed by atoms with E-state index in [1.54, 1.807) is 48.5 Å². The number of isocyanates is 2. The first kappa shape index (κ1) is 17.0. The number of aryl methyl sites for hydroxylation is 1. The van der Waals surface area contributed by atoms with Crippen LogP contribution in [0.3, 0.4) is 0 Å². The topological polar surface area (TPSA) is 79.2 Å². The van der Waals surface area contributed by atoms with E-state index in [4.69, 9.17) is 0 Å². The molecule has 0 heterocycles. The van der Waals surface area contributed by atoms with Crippen molar-refractivity contribution in [3.8, 4) is 0 Å². The molecule has 1 unspecified atom stereocenters. The van der Waals surface area contributed by atoms with Crippen molar-refractivity contribution in [2.45, 2.75) is 6.92 Å². The smallest absolute Gasteiger partial charge is 0.209 e. The summed E-state index contributed by atoms with van der Waals surface area (Å²) in [5.41, 5.74) is 1.70.